The molecule has 0 unspecified atom stereocenters. The molecule has 2 rings (SSSR count). The van der Waals surface area contributed by atoms with Crippen molar-refractivity contribution in [3.8, 4) is 0 Å². The zero-order valence-electron chi connectivity index (χ0n) is 7.88. The van der Waals surface area contributed by atoms with Gasteiger partial charge in [0.15, 0.2) is 0 Å². The van der Waals surface area contributed by atoms with E-state index in [9.17, 15) is 4.79 Å². The summed E-state index contributed by atoms with van der Waals surface area (Å²) in [6, 6.07) is 0. The molecule has 2 aliphatic rings. The Bertz CT molecular complexity index is 185. The lowest BCUT2D eigenvalue weighted by atomic mass is 9.66. The molecule has 1 heteroatoms. The van der Waals surface area contributed by atoms with E-state index in [1.54, 1.807) is 0 Å². The SMILES string of the molecule is C[C@@H]1C(=O)CC[C@H]2CCCC[C@@H]21. The normalized spacial score (nSPS) is 42.4. The molecule has 0 radical (unpaired) electrons. The van der Waals surface area contributed by atoms with Gasteiger partial charge in [0.05, 0.1) is 0 Å². The van der Waals surface area contributed by atoms with Gasteiger partial charge in [0, 0.05) is 12.3 Å². The van der Waals surface area contributed by atoms with E-state index in [4.69, 9.17) is 0 Å². The van der Waals surface area contributed by atoms with Crippen molar-refractivity contribution >= 4 is 5.78 Å². The Kier molecular flexibility index (Phi) is 2.20. The van der Waals surface area contributed by atoms with Crippen molar-refractivity contribution in [3.63, 3.8) is 0 Å². The molecule has 0 bridgehead atoms. The topological polar surface area (TPSA) is 17.1 Å². The van der Waals surface area contributed by atoms with Gasteiger partial charge in [-0.3, -0.25) is 4.79 Å². The van der Waals surface area contributed by atoms with Crippen LogP contribution in [0.3, 0.4) is 0 Å². The van der Waals surface area contributed by atoms with E-state index < -0.39 is 0 Å². The number of Topliss-reactive ketones (excluding diaryl/α,β-unsaturated/α-hetero) is 1. The molecule has 0 aromatic rings. The molecule has 2 saturated carbocycles. The quantitative estimate of drug-likeness (QED) is 0.541. The summed E-state index contributed by atoms with van der Waals surface area (Å²) in [5.74, 6) is 2.55. The Morgan fingerprint density at radius 1 is 1.17 bits per heavy atom. The predicted molar refractivity (Wildman–Crippen MR) is 48.9 cm³/mol. The van der Waals surface area contributed by atoms with Crippen molar-refractivity contribution in [2.24, 2.45) is 17.8 Å². The van der Waals surface area contributed by atoms with E-state index in [0.29, 0.717) is 11.7 Å². The number of fused-ring (bicyclic) bond motifs is 1. The fourth-order valence-corrected chi connectivity index (χ4v) is 3.05. The van der Waals surface area contributed by atoms with E-state index in [1.165, 1.54) is 32.1 Å². The highest BCUT2D eigenvalue weighted by Gasteiger charge is 2.36. The Morgan fingerprint density at radius 3 is 2.75 bits per heavy atom. The van der Waals surface area contributed by atoms with Gasteiger partial charge in [0.2, 0.25) is 0 Å². The highest BCUT2D eigenvalue weighted by molar-refractivity contribution is 5.81. The lowest BCUT2D eigenvalue weighted by molar-refractivity contribution is -0.128. The van der Waals surface area contributed by atoms with Gasteiger partial charge in [0.1, 0.15) is 5.78 Å². The average Bonchev–Trinajstić information content (AvgIpc) is 2.12. The Hall–Kier alpha value is -0.330. The van der Waals surface area contributed by atoms with Crippen LogP contribution in [0.5, 0.6) is 0 Å². The van der Waals surface area contributed by atoms with Gasteiger partial charge < -0.3 is 0 Å². The van der Waals surface area contributed by atoms with Gasteiger partial charge in [-0.2, -0.15) is 0 Å². The zero-order chi connectivity index (χ0) is 8.55. The zero-order valence-corrected chi connectivity index (χ0v) is 7.88. The van der Waals surface area contributed by atoms with Gasteiger partial charge >= 0.3 is 0 Å². The second-order valence-electron chi connectivity index (χ2n) is 4.50. The van der Waals surface area contributed by atoms with E-state index in [0.717, 1.165) is 18.3 Å². The second kappa shape index (κ2) is 3.20. The van der Waals surface area contributed by atoms with Crippen LogP contribution in [0.15, 0.2) is 0 Å². The molecule has 0 aromatic heterocycles. The molecule has 0 aliphatic heterocycles. The summed E-state index contributed by atoms with van der Waals surface area (Å²) in [5.41, 5.74) is 0. The van der Waals surface area contributed by atoms with E-state index >= 15 is 0 Å². The van der Waals surface area contributed by atoms with Crippen LogP contribution in [0.25, 0.3) is 0 Å². The molecular weight excluding hydrogens is 148 g/mol. The highest BCUT2D eigenvalue weighted by atomic mass is 16.1. The van der Waals surface area contributed by atoms with E-state index in [1.807, 2.05) is 0 Å². The molecule has 68 valence electrons. The summed E-state index contributed by atoms with van der Waals surface area (Å²) in [4.78, 5) is 11.4. The fraction of sp³-hybridized carbons (Fsp3) is 0.909. The van der Waals surface area contributed by atoms with Crippen molar-refractivity contribution in [2.75, 3.05) is 0 Å². The molecule has 1 nitrogen and oxygen atoms in total. The van der Waals surface area contributed by atoms with Gasteiger partial charge in [-0.1, -0.05) is 26.2 Å². The van der Waals surface area contributed by atoms with Gasteiger partial charge in [-0.15, -0.1) is 0 Å². The maximum atomic E-state index is 11.4. The van der Waals surface area contributed by atoms with Crippen LogP contribution in [0.2, 0.25) is 0 Å². The average molecular weight is 166 g/mol. The van der Waals surface area contributed by atoms with Crippen molar-refractivity contribution in [1.82, 2.24) is 0 Å². The Balaban J connectivity index is 2.08. The summed E-state index contributed by atoms with van der Waals surface area (Å²) in [6.45, 7) is 2.14. The maximum absolute atomic E-state index is 11.4. The van der Waals surface area contributed by atoms with Gasteiger partial charge in [-0.05, 0) is 24.7 Å². The van der Waals surface area contributed by atoms with Crippen LogP contribution in [0.4, 0.5) is 0 Å². The number of carbonyl (C=O) groups excluding carboxylic acids is 1. The minimum atomic E-state index is 0.379. The highest BCUT2D eigenvalue weighted by Crippen LogP contribution is 2.41. The molecule has 0 N–H and O–H groups in total. The molecule has 2 fully saturated rings. The van der Waals surface area contributed by atoms with Crippen LogP contribution < -0.4 is 0 Å². The van der Waals surface area contributed by atoms with Gasteiger partial charge in [0.25, 0.3) is 0 Å². The summed E-state index contributed by atoms with van der Waals surface area (Å²) in [6.07, 6.45) is 7.52. The van der Waals surface area contributed by atoms with Crippen LogP contribution in [-0.4, -0.2) is 5.78 Å². The fourth-order valence-electron chi connectivity index (χ4n) is 3.05. The van der Waals surface area contributed by atoms with Crippen molar-refractivity contribution < 1.29 is 4.79 Å². The number of hydrogen-bond donors (Lipinski definition) is 0. The van der Waals surface area contributed by atoms with E-state index in [2.05, 4.69) is 6.92 Å². The lowest BCUT2D eigenvalue weighted by Crippen LogP contribution is -2.35. The summed E-state index contributed by atoms with van der Waals surface area (Å²) in [5, 5.41) is 0. The van der Waals surface area contributed by atoms with Crippen molar-refractivity contribution in [2.45, 2.75) is 45.4 Å². The Labute approximate surface area is 74.5 Å². The third-order valence-electron chi connectivity index (χ3n) is 3.88. The number of hydrogen-bond acceptors (Lipinski definition) is 1. The first kappa shape index (κ1) is 8.28. The molecule has 0 heterocycles. The largest absolute Gasteiger partial charge is 0.299 e. The minimum absolute atomic E-state index is 0.379. The van der Waals surface area contributed by atoms with Gasteiger partial charge in [-0.25, -0.2) is 0 Å². The molecule has 0 spiro atoms. The van der Waals surface area contributed by atoms with E-state index in [-0.39, 0.29) is 0 Å². The molecule has 3 atom stereocenters. The minimum Gasteiger partial charge on any atom is -0.299 e. The first-order valence-electron chi connectivity index (χ1n) is 5.32. The maximum Gasteiger partial charge on any atom is 0.135 e. The molecule has 0 aromatic carbocycles. The molecule has 12 heavy (non-hydrogen) atoms. The van der Waals surface area contributed by atoms with Crippen LogP contribution >= 0.6 is 0 Å². The van der Waals surface area contributed by atoms with Crippen LogP contribution in [-0.2, 0) is 4.79 Å². The summed E-state index contributed by atoms with van der Waals surface area (Å²) < 4.78 is 0. The van der Waals surface area contributed by atoms with Crippen LogP contribution in [0.1, 0.15) is 45.4 Å². The monoisotopic (exact) mass is 166 g/mol. The van der Waals surface area contributed by atoms with Crippen LogP contribution in [0, 0.1) is 17.8 Å². The third kappa shape index (κ3) is 1.30. The Morgan fingerprint density at radius 2 is 1.92 bits per heavy atom. The molecule has 2 aliphatic carbocycles. The summed E-state index contributed by atoms with van der Waals surface area (Å²) >= 11 is 0. The van der Waals surface area contributed by atoms with Crippen molar-refractivity contribution in [1.29, 1.82) is 0 Å². The smallest absolute Gasteiger partial charge is 0.135 e. The number of ketones is 1. The first-order valence-corrected chi connectivity index (χ1v) is 5.32. The molecule has 0 saturated heterocycles. The number of carbonyl (C=O) groups is 1. The standard InChI is InChI=1S/C11H18O/c1-8-10-5-3-2-4-9(10)6-7-11(8)12/h8-10H,2-7H2,1H3/t8-,9+,10+/m0/s1. The lowest BCUT2D eigenvalue weighted by Gasteiger charge is -2.38. The number of rotatable bonds is 0. The van der Waals surface area contributed by atoms with Crippen molar-refractivity contribution in [3.05, 3.63) is 0 Å². The predicted octanol–water partition coefficient (Wildman–Crippen LogP) is 2.79. The molecular formula is C11H18O. The second-order valence-corrected chi connectivity index (χ2v) is 4.50. The first-order chi connectivity index (χ1) is 5.79. The summed E-state index contributed by atoms with van der Waals surface area (Å²) in [7, 11) is 0. The third-order valence-corrected chi connectivity index (χ3v) is 3.88. The molecule has 0 amide bonds.